The summed E-state index contributed by atoms with van der Waals surface area (Å²) in [6.45, 7) is 2.64. The number of nitrogens with two attached hydrogens (primary N) is 1. The fourth-order valence-corrected chi connectivity index (χ4v) is 3.08. The van der Waals surface area contributed by atoms with Gasteiger partial charge in [0.15, 0.2) is 0 Å². The smallest absolute Gasteiger partial charge is 0.143 e. The van der Waals surface area contributed by atoms with Crippen LogP contribution in [0.15, 0.2) is 22.8 Å². The Balaban J connectivity index is 2.49. The molecule has 0 bridgehead atoms. The molecule has 0 fully saturated rings. The lowest BCUT2D eigenvalue weighted by molar-refractivity contribution is 0.988. The summed E-state index contributed by atoms with van der Waals surface area (Å²) < 4.78 is 0.968. The predicted molar refractivity (Wildman–Crippen MR) is 70.3 cm³/mol. The molecule has 2 aromatic heterocycles. The Kier molecular flexibility index (Phi) is 3.68. The molecule has 3 nitrogen and oxygen atoms in total. The molecule has 2 rings (SSSR count). The zero-order chi connectivity index (χ0) is 11.5. The van der Waals surface area contributed by atoms with E-state index < -0.39 is 0 Å². The largest absolute Gasteiger partial charge is 0.326 e. The molecular formula is C11H12BrN3S. The number of hydrogen-bond acceptors (Lipinski definition) is 4. The van der Waals surface area contributed by atoms with Crippen LogP contribution in [0.3, 0.4) is 0 Å². The Morgan fingerprint density at radius 1 is 1.50 bits per heavy atom. The second kappa shape index (κ2) is 5.03. The summed E-state index contributed by atoms with van der Waals surface area (Å²) in [6.07, 6.45) is 2.68. The molecule has 0 amide bonds. The second-order valence-corrected chi connectivity index (χ2v) is 5.22. The summed E-state index contributed by atoms with van der Waals surface area (Å²) in [5, 5.41) is 0.935. The summed E-state index contributed by atoms with van der Waals surface area (Å²) in [5.41, 5.74) is 7.67. The number of thiazole rings is 1. The molecule has 0 aliphatic carbocycles. The van der Waals surface area contributed by atoms with E-state index in [0.717, 1.165) is 32.2 Å². The summed E-state index contributed by atoms with van der Waals surface area (Å²) in [6, 6.07) is 3.86. The average Bonchev–Trinajstić information content (AvgIpc) is 2.72. The van der Waals surface area contributed by atoms with Crippen molar-refractivity contribution in [3.8, 4) is 10.7 Å². The van der Waals surface area contributed by atoms with Gasteiger partial charge in [-0.25, -0.2) is 4.98 Å². The molecule has 5 heteroatoms. The van der Waals surface area contributed by atoms with Crippen LogP contribution in [0, 0.1) is 0 Å². The maximum Gasteiger partial charge on any atom is 0.143 e. The van der Waals surface area contributed by atoms with Crippen LogP contribution in [-0.2, 0) is 13.0 Å². The SMILES string of the molecule is CCc1nc(-c2ncccc2Br)sc1CN. The van der Waals surface area contributed by atoms with Gasteiger partial charge in [0.2, 0.25) is 0 Å². The van der Waals surface area contributed by atoms with Gasteiger partial charge in [-0.3, -0.25) is 4.98 Å². The monoisotopic (exact) mass is 297 g/mol. The van der Waals surface area contributed by atoms with Crippen LogP contribution in [0.4, 0.5) is 0 Å². The third-order valence-electron chi connectivity index (χ3n) is 2.26. The number of aromatic nitrogens is 2. The Morgan fingerprint density at radius 3 is 2.88 bits per heavy atom. The van der Waals surface area contributed by atoms with Gasteiger partial charge in [0.25, 0.3) is 0 Å². The third kappa shape index (κ3) is 2.16. The number of aryl methyl sites for hydroxylation is 1. The van der Waals surface area contributed by atoms with Crippen LogP contribution in [0.25, 0.3) is 10.7 Å². The van der Waals surface area contributed by atoms with Gasteiger partial charge in [-0.2, -0.15) is 0 Å². The minimum Gasteiger partial charge on any atom is -0.326 e. The van der Waals surface area contributed by atoms with Crippen LogP contribution in [-0.4, -0.2) is 9.97 Å². The molecule has 84 valence electrons. The Bertz CT molecular complexity index is 474. The van der Waals surface area contributed by atoms with E-state index in [0.29, 0.717) is 6.54 Å². The van der Waals surface area contributed by atoms with E-state index in [9.17, 15) is 0 Å². The first-order chi connectivity index (χ1) is 7.76. The highest BCUT2D eigenvalue weighted by atomic mass is 79.9. The van der Waals surface area contributed by atoms with Crippen molar-refractivity contribution in [3.05, 3.63) is 33.4 Å². The molecule has 2 aromatic rings. The number of halogens is 1. The molecule has 16 heavy (non-hydrogen) atoms. The van der Waals surface area contributed by atoms with Crippen molar-refractivity contribution < 1.29 is 0 Å². The lowest BCUT2D eigenvalue weighted by Gasteiger charge is -1.97. The van der Waals surface area contributed by atoms with Crippen molar-refractivity contribution in [3.63, 3.8) is 0 Å². The van der Waals surface area contributed by atoms with E-state index in [1.54, 1.807) is 17.5 Å². The second-order valence-electron chi connectivity index (χ2n) is 3.28. The maximum atomic E-state index is 5.69. The highest BCUT2D eigenvalue weighted by molar-refractivity contribution is 9.10. The van der Waals surface area contributed by atoms with E-state index in [4.69, 9.17) is 5.73 Å². The number of hydrogen-bond donors (Lipinski definition) is 1. The Labute approximate surface area is 107 Å². The molecule has 0 spiro atoms. The first-order valence-corrected chi connectivity index (χ1v) is 6.66. The molecule has 2 heterocycles. The highest BCUT2D eigenvalue weighted by Crippen LogP contribution is 2.31. The minimum atomic E-state index is 0.547. The lowest BCUT2D eigenvalue weighted by atomic mass is 10.3. The van der Waals surface area contributed by atoms with Gasteiger partial charge >= 0.3 is 0 Å². The Morgan fingerprint density at radius 2 is 2.31 bits per heavy atom. The van der Waals surface area contributed by atoms with Crippen LogP contribution >= 0.6 is 27.3 Å². The highest BCUT2D eigenvalue weighted by Gasteiger charge is 2.12. The average molecular weight is 298 g/mol. The zero-order valence-corrected chi connectivity index (χ0v) is 11.3. The normalized spacial score (nSPS) is 10.7. The topological polar surface area (TPSA) is 51.8 Å². The van der Waals surface area contributed by atoms with Gasteiger partial charge in [-0.1, -0.05) is 6.92 Å². The van der Waals surface area contributed by atoms with Crippen molar-refractivity contribution in [1.82, 2.24) is 9.97 Å². The number of nitrogens with zero attached hydrogens (tertiary/aromatic N) is 2. The van der Waals surface area contributed by atoms with E-state index >= 15 is 0 Å². The third-order valence-corrected chi connectivity index (χ3v) is 4.03. The summed E-state index contributed by atoms with van der Waals surface area (Å²) in [4.78, 5) is 10.1. The summed E-state index contributed by atoms with van der Waals surface area (Å²) in [7, 11) is 0. The minimum absolute atomic E-state index is 0.547. The van der Waals surface area contributed by atoms with Crippen LogP contribution in [0.1, 0.15) is 17.5 Å². The molecular weight excluding hydrogens is 286 g/mol. The van der Waals surface area contributed by atoms with Gasteiger partial charge in [0, 0.05) is 22.1 Å². The predicted octanol–water partition coefficient (Wildman–Crippen LogP) is 2.99. The van der Waals surface area contributed by atoms with Crippen LogP contribution in [0.2, 0.25) is 0 Å². The molecule has 0 aliphatic heterocycles. The van der Waals surface area contributed by atoms with Crippen molar-refractivity contribution in [2.24, 2.45) is 5.73 Å². The van der Waals surface area contributed by atoms with Gasteiger partial charge in [0.1, 0.15) is 10.7 Å². The first kappa shape index (κ1) is 11.7. The molecule has 0 aromatic carbocycles. The standard InChI is InChI=1S/C11H12BrN3S/c1-2-8-9(6-13)16-11(15-8)10-7(12)4-3-5-14-10/h3-5H,2,6,13H2,1H3. The zero-order valence-electron chi connectivity index (χ0n) is 8.90. The molecule has 0 unspecified atom stereocenters. The van der Waals surface area contributed by atoms with Gasteiger partial charge in [-0.05, 0) is 34.5 Å². The van der Waals surface area contributed by atoms with E-state index in [1.807, 2.05) is 12.1 Å². The summed E-state index contributed by atoms with van der Waals surface area (Å²) >= 11 is 5.11. The lowest BCUT2D eigenvalue weighted by Crippen LogP contribution is -1.96. The molecule has 2 N–H and O–H groups in total. The number of rotatable bonds is 3. The van der Waals surface area contributed by atoms with Crippen molar-refractivity contribution >= 4 is 27.3 Å². The van der Waals surface area contributed by atoms with Gasteiger partial charge in [-0.15, -0.1) is 11.3 Å². The molecule has 0 radical (unpaired) electrons. The molecule has 0 saturated carbocycles. The fourth-order valence-electron chi connectivity index (χ4n) is 1.46. The molecule has 0 saturated heterocycles. The fraction of sp³-hybridized carbons (Fsp3) is 0.273. The van der Waals surface area contributed by atoms with E-state index in [2.05, 4.69) is 32.8 Å². The summed E-state index contributed by atoms with van der Waals surface area (Å²) in [5.74, 6) is 0. The first-order valence-electron chi connectivity index (χ1n) is 5.05. The molecule has 0 atom stereocenters. The maximum absolute atomic E-state index is 5.69. The van der Waals surface area contributed by atoms with E-state index in [-0.39, 0.29) is 0 Å². The molecule has 0 aliphatic rings. The quantitative estimate of drug-likeness (QED) is 0.947. The Hall–Kier alpha value is -0.780. The van der Waals surface area contributed by atoms with Crippen molar-refractivity contribution in [2.75, 3.05) is 0 Å². The van der Waals surface area contributed by atoms with Crippen molar-refractivity contribution in [1.29, 1.82) is 0 Å². The van der Waals surface area contributed by atoms with Crippen LogP contribution in [0.5, 0.6) is 0 Å². The van der Waals surface area contributed by atoms with E-state index in [1.165, 1.54) is 0 Å². The van der Waals surface area contributed by atoms with Crippen molar-refractivity contribution in [2.45, 2.75) is 19.9 Å². The van der Waals surface area contributed by atoms with Gasteiger partial charge < -0.3 is 5.73 Å². The van der Waals surface area contributed by atoms with Gasteiger partial charge in [0.05, 0.1) is 5.69 Å². The van der Waals surface area contributed by atoms with Crippen LogP contribution < -0.4 is 5.73 Å². The number of pyridine rings is 1.